The third-order valence-corrected chi connectivity index (χ3v) is 4.31. The molecule has 1 aliphatic carbocycles. The van der Waals surface area contributed by atoms with E-state index < -0.39 is 0 Å². The third-order valence-electron chi connectivity index (χ3n) is 4.31. The van der Waals surface area contributed by atoms with Gasteiger partial charge in [-0.15, -0.1) is 0 Å². The highest BCUT2D eigenvalue weighted by atomic mass is 15.2. The second-order valence-electron chi connectivity index (χ2n) is 5.37. The lowest BCUT2D eigenvalue weighted by Gasteiger charge is -2.39. The highest BCUT2D eigenvalue weighted by molar-refractivity contribution is 5.45. The van der Waals surface area contributed by atoms with Gasteiger partial charge in [0.2, 0.25) is 0 Å². The lowest BCUT2D eigenvalue weighted by atomic mass is 9.89. The maximum absolute atomic E-state index is 9.79. The molecule has 1 aromatic carbocycles. The van der Waals surface area contributed by atoms with E-state index in [-0.39, 0.29) is 5.54 Å². The van der Waals surface area contributed by atoms with E-state index in [2.05, 4.69) is 41.4 Å². The predicted molar refractivity (Wildman–Crippen MR) is 71.2 cm³/mol. The zero-order valence-electron chi connectivity index (χ0n) is 10.9. The van der Waals surface area contributed by atoms with Gasteiger partial charge in [0.25, 0.3) is 0 Å². The van der Waals surface area contributed by atoms with E-state index in [1.54, 1.807) is 0 Å². The van der Waals surface area contributed by atoms with Crippen molar-refractivity contribution in [1.29, 1.82) is 5.26 Å². The molecule has 0 bridgehead atoms. The van der Waals surface area contributed by atoms with Crippen molar-refractivity contribution in [3.63, 3.8) is 0 Å². The average Bonchev–Trinajstić information content (AvgIpc) is 2.79. The molecule has 1 N–H and O–H groups in total. The van der Waals surface area contributed by atoms with Crippen LogP contribution in [-0.4, -0.2) is 31.1 Å². The number of rotatable bonds is 1. The summed E-state index contributed by atoms with van der Waals surface area (Å²) < 4.78 is 0. The summed E-state index contributed by atoms with van der Waals surface area (Å²) in [6, 6.07) is 9.20. The summed E-state index contributed by atoms with van der Waals surface area (Å²) in [6.45, 7) is 6.04. The van der Waals surface area contributed by atoms with Crippen molar-refractivity contribution < 1.29 is 0 Å². The van der Waals surface area contributed by atoms with Gasteiger partial charge >= 0.3 is 0 Å². The summed E-state index contributed by atoms with van der Waals surface area (Å²) in [5.41, 5.74) is 3.50. The lowest BCUT2D eigenvalue weighted by Crippen LogP contribution is -2.53. The molecular weight excluding hydrogens is 222 g/mol. The number of nitrogens with zero attached hydrogens (tertiary/aromatic N) is 2. The van der Waals surface area contributed by atoms with Crippen LogP contribution in [0.1, 0.15) is 23.1 Å². The molecule has 0 aromatic heterocycles. The standard InChI is InChI=1S/C15H19N3/c1-12-2-3-13-4-5-15(11-16,14(13)10-12)18-8-6-17-7-9-18/h2-3,10,17H,4-9H2,1H3. The molecule has 18 heavy (non-hydrogen) atoms. The van der Waals surface area contributed by atoms with E-state index >= 15 is 0 Å². The van der Waals surface area contributed by atoms with Crippen molar-refractivity contribution in [1.82, 2.24) is 10.2 Å². The van der Waals surface area contributed by atoms with Crippen LogP contribution >= 0.6 is 0 Å². The lowest BCUT2D eigenvalue weighted by molar-refractivity contribution is 0.118. The van der Waals surface area contributed by atoms with Gasteiger partial charge in [-0.3, -0.25) is 4.90 Å². The minimum Gasteiger partial charge on any atom is -0.314 e. The van der Waals surface area contributed by atoms with Crippen molar-refractivity contribution in [2.45, 2.75) is 25.3 Å². The molecule has 0 saturated carbocycles. The Labute approximate surface area is 108 Å². The molecule has 1 atom stereocenters. The number of hydrogen-bond donors (Lipinski definition) is 1. The first-order chi connectivity index (χ1) is 8.76. The number of nitrogens with one attached hydrogen (secondary N) is 1. The maximum atomic E-state index is 9.79. The van der Waals surface area contributed by atoms with Crippen LogP contribution in [0.15, 0.2) is 18.2 Å². The Hall–Kier alpha value is -1.37. The van der Waals surface area contributed by atoms with E-state index in [4.69, 9.17) is 0 Å². The number of aryl methyl sites for hydroxylation is 2. The molecular formula is C15H19N3. The third kappa shape index (κ3) is 1.65. The molecule has 1 heterocycles. The molecule has 1 fully saturated rings. The fraction of sp³-hybridized carbons (Fsp3) is 0.533. The molecule has 0 spiro atoms. The van der Waals surface area contributed by atoms with Gasteiger partial charge in [-0.05, 0) is 30.9 Å². The van der Waals surface area contributed by atoms with Crippen LogP contribution in [0.3, 0.4) is 0 Å². The van der Waals surface area contributed by atoms with Gasteiger partial charge in [-0.25, -0.2) is 0 Å². The molecule has 1 saturated heterocycles. The van der Waals surface area contributed by atoms with Crippen LogP contribution in [0.2, 0.25) is 0 Å². The molecule has 0 amide bonds. The Morgan fingerprint density at radius 2 is 2.11 bits per heavy atom. The topological polar surface area (TPSA) is 39.1 Å². The maximum Gasteiger partial charge on any atom is 0.135 e. The van der Waals surface area contributed by atoms with Gasteiger partial charge in [0.1, 0.15) is 5.54 Å². The summed E-state index contributed by atoms with van der Waals surface area (Å²) in [4.78, 5) is 2.37. The van der Waals surface area contributed by atoms with E-state index in [0.29, 0.717) is 0 Å². The van der Waals surface area contributed by atoms with Gasteiger partial charge in [-0.1, -0.05) is 23.8 Å². The Bertz CT molecular complexity index is 497. The first-order valence-electron chi connectivity index (χ1n) is 6.73. The summed E-state index contributed by atoms with van der Waals surface area (Å²) in [5, 5.41) is 13.2. The van der Waals surface area contributed by atoms with Crippen molar-refractivity contribution in [2.75, 3.05) is 26.2 Å². The van der Waals surface area contributed by atoms with Crippen LogP contribution in [0.4, 0.5) is 0 Å². The minimum absolute atomic E-state index is 0.372. The highest BCUT2D eigenvalue weighted by Crippen LogP contribution is 2.41. The largest absolute Gasteiger partial charge is 0.314 e. The quantitative estimate of drug-likeness (QED) is 0.811. The molecule has 0 radical (unpaired) electrons. The number of fused-ring (bicyclic) bond motifs is 1. The molecule has 94 valence electrons. The monoisotopic (exact) mass is 241 g/mol. The molecule has 3 rings (SSSR count). The van der Waals surface area contributed by atoms with Crippen LogP contribution in [0, 0.1) is 18.3 Å². The van der Waals surface area contributed by atoms with E-state index in [9.17, 15) is 5.26 Å². The van der Waals surface area contributed by atoms with Gasteiger partial charge in [0.05, 0.1) is 6.07 Å². The zero-order chi connectivity index (χ0) is 12.6. The Morgan fingerprint density at radius 1 is 1.33 bits per heavy atom. The van der Waals surface area contributed by atoms with Gasteiger partial charge in [-0.2, -0.15) is 5.26 Å². The Kier molecular flexibility index (Phi) is 2.85. The van der Waals surface area contributed by atoms with Gasteiger partial charge < -0.3 is 5.32 Å². The van der Waals surface area contributed by atoms with Crippen LogP contribution < -0.4 is 5.32 Å². The number of nitriles is 1. The number of hydrogen-bond acceptors (Lipinski definition) is 3. The van der Waals surface area contributed by atoms with Gasteiger partial charge in [0, 0.05) is 26.2 Å². The zero-order valence-corrected chi connectivity index (χ0v) is 10.9. The Morgan fingerprint density at radius 3 is 2.83 bits per heavy atom. The highest BCUT2D eigenvalue weighted by Gasteiger charge is 2.44. The average molecular weight is 241 g/mol. The molecule has 1 unspecified atom stereocenters. The molecule has 2 aliphatic rings. The molecule has 1 aromatic rings. The van der Waals surface area contributed by atoms with E-state index in [1.807, 2.05) is 0 Å². The predicted octanol–water partition coefficient (Wildman–Crippen LogP) is 1.57. The number of piperazine rings is 1. The second-order valence-corrected chi connectivity index (χ2v) is 5.37. The SMILES string of the molecule is Cc1ccc2c(c1)C(C#N)(N1CCNCC1)CC2. The smallest absolute Gasteiger partial charge is 0.135 e. The van der Waals surface area contributed by atoms with Crippen LogP contribution in [-0.2, 0) is 12.0 Å². The van der Waals surface area contributed by atoms with Crippen molar-refractivity contribution >= 4 is 0 Å². The van der Waals surface area contributed by atoms with E-state index in [1.165, 1.54) is 16.7 Å². The molecule has 3 heteroatoms. The summed E-state index contributed by atoms with van der Waals surface area (Å²) in [7, 11) is 0. The van der Waals surface area contributed by atoms with Crippen molar-refractivity contribution in [2.24, 2.45) is 0 Å². The van der Waals surface area contributed by atoms with Crippen LogP contribution in [0.25, 0.3) is 0 Å². The Balaban J connectivity index is 2.04. The summed E-state index contributed by atoms with van der Waals surface area (Å²) in [6.07, 6.45) is 1.98. The molecule has 1 aliphatic heterocycles. The van der Waals surface area contributed by atoms with Gasteiger partial charge in [0.15, 0.2) is 0 Å². The minimum atomic E-state index is -0.372. The summed E-state index contributed by atoms with van der Waals surface area (Å²) in [5.74, 6) is 0. The first kappa shape index (κ1) is 11.7. The normalized spacial score (nSPS) is 27.8. The summed E-state index contributed by atoms with van der Waals surface area (Å²) >= 11 is 0. The van der Waals surface area contributed by atoms with Crippen molar-refractivity contribution in [3.05, 3.63) is 34.9 Å². The second kappa shape index (κ2) is 4.38. The first-order valence-corrected chi connectivity index (χ1v) is 6.73. The van der Waals surface area contributed by atoms with Crippen LogP contribution in [0.5, 0.6) is 0 Å². The molecule has 3 nitrogen and oxygen atoms in total. The van der Waals surface area contributed by atoms with Crippen molar-refractivity contribution in [3.8, 4) is 6.07 Å². The van der Waals surface area contributed by atoms with E-state index in [0.717, 1.165) is 39.0 Å². The fourth-order valence-electron chi connectivity index (χ4n) is 3.31. The fourth-order valence-corrected chi connectivity index (χ4v) is 3.31. The number of benzene rings is 1.